The smallest absolute Gasteiger partial charge is 0.182 e. The molecule has 0 unspecified atom stereocenters. The van der Waals surface area contributed by atoms with Crippen LogP contribution in [0, 0.1) is 0 Å². The molecule has 0 amide bonds. The second-order valence-corrected chi connectivity index (χ2v) is 25.7. The third-order valence-electron chi connectivity index (χ3n) is 19.2. The highest BCUT2D eigenvalue weighted by atomic mass is 16.3. The van der Waals surface area contributed by atoms with E-state index in [1.54, 1.807) is 0 Å². The molecule has 0 fully saturated rings. The largest absolute Gasteiger partial charge is 0.443 e. The van der Waals surface area contributed by atoms with Gasteiger partial charge in [-0.2, -0.15) is 0 Å². The first-order chi connectivity index (χ1) is 54.2. The van der Waals surface area contributed by atoms with E-state index < -0.39 is 0 Å². The second-order valence-electron chi connectivity index (χ2n) is 25.7. The van der Waals surface area contributed by atoms with Gasteiger partial charge in [-0.1, -0.05) is 279 Å². The molecule has 516 valence electrons. The van der Waals surface area contributed by atoms with Gasteiger partial charge in [0.2, 0.25) is 0 Å². The van der Waals surface area contributed by atoms with Crippen LogP contribution in [0.1, 0.15) is 0 Å². The van der Waals surface area contributed by atoms with E-state index in [2.05, 4.69) is 268 Å². The van der Waals surface area contributed by atoms with Gasteiger partial charge in [0, 0.05) is 91.0 Å². The Morgan fingerprint density at radius 3 is 1.07 bits per heavy atom. The van der Waals surface area contributed by atoms with Crippen molar-refractivity contribution in [3.63, 3.8) is 0 Å². The van der Waals surface area contributed by atoms with E-state index in [1.165, 1.54) is 76.4 Å². The number of rotatable bonds is 3. The Balaban J connectivity index is 0.0000000941. The summed E-state index contributed by atoms with van der Waals surface area (Å²) in [6, 6.07) is 126. The summed E-state index contributed by atoms with van der Waals surface area (Å²) in [6.45, 7) is 0. The molecule has 0 saturated heterocycles. The summed E-state index contributed by atoms with van der Waals surface area (Å²) >= 11 is 0. The molecule has 11 heteroatoms. The molecule has 23 rings (SSSR count). The molecule has 109 heavy (non-hydrogen) atoms. The molecule has 0 saturated carbocycles. The molecule has 15 aromatic carbocycles. The zero-order valence-electron chi connectivity index (χ0n) is 59.1. The summed E-state index contributed by atoms with van der Waals surface area (Å²) in [7, 11) is 0. The average Bonchev–Trinajstić information content (AvgIpc) is 1.55. The van der Waals surface area contributed by atoms with Crippen LogP contribution in [-0.2, 0) is 0 Å². The summed E-state index contributed by atoms with van der Waals surface area (Å²) in [5, 5.41) is 18.2. The van der Waals surface area contributed by atoms with Crippen LogP contribution in [0.5, 0.6) is 0 Å². The summed E-state index contributed by atoms with van der Waals surface area (Å²) in [4.78, 5) is 35.4. The van der Waals surface area contributed by atoms with Crippen LogP contribution < -0.4 is 0 Å². The molecule has 0 aliphatic rings. The Morgan fingerprint density at radius 2 is 0.560 bits per heavy atom. The number of imidazole rings is 2. The van der Waals surface area contributed by atoms with Crippen LogP contribution in [0.15, 0.2) is 418 Å². The number of hydrogen-bond donors (Lipinski definition) is 0. The van der Waals surface area contributed by atoms with E-state index in [-0.39, 0.29) is 0 Å². The van der Waals surface area contributed by atoms with Crippen LogP contribution in [0.25, 0.3) is 164 Å². The first-order valence-electron chi connectivity index (χ1n) is 36.1. The van der Waals surface area contributed by atoms with Crippen LogP contribution in [0.2, 0.25) is 0 Å². The minimum absolute atomic E-state index is 0.874. The molecule has 0 N–H and O–H groups in total. The Labute approximate surface area is 627 Å². The fourth-order valence-corrected chi connectivity index (χ4v) is 14.2. The Kier molecular flexibility index (Phi) is 19.5. The molecule has 0 radical (unpaired) electrons. The van der Waals surface area contributed by atoms with Crippen molar-refractivity contribution in [2.45, 2.75) is 0 Å². The molecule has 0 spiro atoms. The maximum atomic E-state index is 5.53. The lowest BCUT2D eigenvalue weighted by molar-refractivity contribution is 0.605. The quantitative estimate of drug-likeness (QED) is 0.159. The lowest BCUT2D eigenvalue weighted by Gasteiger charge is -2.09. The average molecular weight is 1400 g/mol. The molecular weight excluding hydrogens is 1330 g/mol. The predicted octanol–water partition coefficient (Wildman–Crippen LogP) is 24.8. The molecular formula is C98H68N10O. The van der Waals surface area contributed by atoms with Crippen molar-refractivity contribution in [1.82, 2.24) is 49.0 Å². The first kappa shape index (κ1) is 67.2. The Hall–Kier alpha value is -14.9. The highest BCUT2D eigenvalue weighted by Crippen LogP contribution is 2.37. The normalized spacial score (nSPS) is 10.9. The highest BCUT2D eigenvalue weighted by Gasteiger charge is 2.15. The SMILES string of the molecule is c1ccc(-c2nc3ccccc3n2-c2ccccc2)cc1.c1ccc(-n2cnc3ccccc32)cc1.c1ccc2c(c1)c1ccccc1c1ncccc21.c1ccc2c(c1)c1ccccc1c1ocnc21.c1ccc2c(c1)c1cccnc1c1ncccc21.c1ccc2ncccc2c1.c1ccc2ncccc2c1. The minimum atomic E-state index is 0.874. The van der Waals surface area contributed by atoms with Crippen molar-refractivity contribution in [1.29, 1.82) is 0 Å². The maximum absolute atomic E-state index is 5.53. The molecule has 8 heterocycles. The van der Waals surface area contributed by atoms with Gasteiger partial charge in [0.05, 0.1) is 49.7 Å². The Bertz CT molecular complexity index is 6220. The van der Waals surface area contributed by atoms with Gasteiger partial charge in [0.1, 0.15) is 17.7 Å². The number of benzene rings is 15. The molecule has 0 bridgehead atoms. The van der Waals surface area contributed by atoms with Gasteiger partial charge in [-0.05, 0) is 129 Å². The predicted molar refractivity (Wildman–Crippen MR) is 451 cm³/mol. The first-order valence-corrected chi connectivity index (χ1v) is 36.1. The van der Waals surface area contributed by atoms with Crippen molar-refractivity contribution >= 4 is 142 Å². The number of hydrogen-bond acceptors (Lipinski definition) is 9. The number of fused-ring (bicyclic) bond motifs is 22. The van der Waals surface area contributed by atoms with E-state index >= 15 is 0 Å². The summed E-state index contributed by atoms with van der Waals surface area (Å²) in [6.07, 6.45) is 12.5. The third kappa shape index (κ3) is 14.1. The fourth-order valence-electron chi connectivity index (χ4n) is 14.2. The summed E-state index contributed by atoms with van der Waals surface area (Å²) < 4.78 is 9.83. The zero-order valence-corrected chi connectivity index (χ0v) is 59.1. The lowest BCUT2D eigenvalue weighted by atomic mass is 9.97. The molecule has 11 nitrogen and oxygen atoms in total. The summed E-state index contributed by atoms with van der Waals surface area (Å²) in [5.41, 5.74) is 14.7. The lowest BCUT2D eigenvalue weighted by Crippen LogP contribution is -1.96. The van der Waals surface area contributed by atoms with E-state index in [4.69, 9.17) is 9.40 Å². The van der Waals surface area contributed by atoms with Gasteiger partial charge in [0.25, 0.3) is 0 Å². The van der Waals surface area contributed by atoms with Crippen LogP contribution in [0.4, 0.5) is 0 Å². The van der Waals surface area contributed by atoms with Crippen LogP contribution >= 0.6 is 0 Å². The molecule has 0 aliphatic carbocycles. The van der Waals surface area contributed by atoms with Crippen LogP contribution in [0.3, 0.4) is 0 Å². The molecule has 23 aromatic rings. The summed E-state index contributed by atoms with van der Waals surface area (Å²) in [5.74, 6) is 0.975. The van der Waals surface area contributed by atoms with Crippen molar-refractivity contribution in [3.05, 3.63) is 414 Å². The van der Waals surface area contributed by atoms with Crippen molar-refractivity contribution < 1.29 is 4.42 Å². The fraction of sp³-hybridized carbons (Fsp3) is 0. The van der Waals surface area contributed by atoms with Gasteiger partial charge >= 0.3 is 0 Å². The second kappa shape index (κ2) is 31.6. The zero-order chi connectivity index (χ0) is 72.9. The minimum Gasteiger partial charge on any atom is -0.443 e. The molecule has 0 aliphatic heterocycles. The molecule has 8 aromatic heterocycles. The number of aromatic nitrogens is 10. The van der Waals surface area contributed by atoms with Crippen molar-refractivity contribution in [2.75, 3.05) is 0 Å². The Morgan fingerprint density at radius 1 is 0.220 bits per heavy atom. The monoisotopic (exact) mass is 1400 g/mol. The van der Waals surface area contributed by atoms with Gasteiger partial charge in [0.15, 0.2) is 12.0 Å². The van der Waals surface area contributed by atoms with Crippen molar-refractivity contribution in [3.8, 4) is 22.8 Å². The van der Waals surface area contributed by atoms with E-state index in [0.29, 0.717) is 0 Å². The number of nitrogens with zero attached hydrogens (tertiary/aromatic N) is 10. The highest BCUT2D eigenvalue weighted by molar-refractivity contribution is 6.25. The van der Waals surface area contributed by atoms with Gasteiger partial charge < -0.3 is 4.42 Å². The van der Waals surface area contributed by atoms with Gasteiger partial charge in [-0.3, -0.25) is 34.1 Å². The van der Waals surface area contributed by atoms with Gasteiger partial charge in [-0.15, -0.1) is 0 Å². The van der Waals surface area contributed by atoms with Crippen LogP contribution in [-0.4, -0.2) is 49.0 Å². The van der Waals surface area contributed by atoms with E-state index in [0.717, 1.165) is 94.3 Å². The van der Waals surface area contributed by atoms with Gasteiger partial charge in [-0.25, -0.2) is 15.0 Å². The van der Waals surface area contributed by atoms with Crippen molar-refractivity contribution in [2.24, 2.45) is 0 Å². The topological polar surface area (TPSA) is 126 Å². The van der Waals surface area contributed by atoms with E-state index in [1.807, 2.05) is 183 Å². The number of oxazole rings is 1. The molecule has 0 atom stereocenters. The standard InChI is InChI=1S/C19H14N2.C17H11N.C16H10N2.C15H9NO.C13H10N2.2C9H7N/c1-3-9-15(10-4-1)19-20-17-13-7-8-14-18(17)21(19)16-11-5-2-6-12-16;1-2-7-14-12(6-1)13-8-3-4-9-15(13)17-16(14)10-5-11-18-17;1-2-6-12-11(5-1)13-7-3-9-17-15(13)16-14(12)8-4-10-18-16;1-3-7-12-10(5-1)11-6-2-4-8-13(11)15-14(12)16-9-17-15;1-2-6-11(7-3-1)15-10-14-12-8-4-5-9-13(12)15;2*1-2-6-9-8(4-1)5-3-7-10-9/h1-14H;1-11H;1-10H;1-9H;1-10H;2*1-7H. The van der Waals surface area contributed by atoms with E-state index in [9.17, 15) is 0 Å². The third-order valence-corrected chi connectivity index (χ3v) is 19.2. The number of para-hydroxylation sites is 8. The maximum Gasteiger partial charge on any atom is 0.182 e. The number of pyridine rings is 5.